The number of alkyl halides is 3. The van der Waals surface area contributed by atoms with Gasteiger partial charge in [-0.3, -0.25) is 9.78 Å². The molecule has 3 amide bonds. The summed E-state index contributed by atoms with van der Waals surface area (Å²) in [7, 11) is 1.72. The Morgan fingerprint density at radius 3 is 2.52 bits per heavy atom. The minimum Gasteiger partial charge on any atom is -0.406 e. The molecule has 0 radical (unpaired) electrons. The first-order chi connectivity index (χ1) is 12.8. The molecule has 0 saturated carbocycles. The van der Waals surface area contributed by atoms with Crippen molar-refractivity contribution >= 4 is 23.3 Å². The molecule has 1 aromatic carbocycles. The average molecular weight is 380 g/mol. The normalized spacial score (nSPS) is 14.7. The summed E-state index contributed by atoms with van der Waals surface area (Å²) in [5.74, 6) is -0.901. The minimum atomic E-state index is -4.81. The minimum absolute atomic E-state index is 0.134. The average Bonchev–Trinajstić information content (AvgIpc) is 2.88. The molecule has 1 N–H and O–H groups in total. The highest BCUT2D eigenvalue weighted by Gasteiger charge is 2.37. The summed E-state index contributed by atoms with van der Waals surface area (Å²) in [4.78, 5) is 31.2. The molecule has 142 valence electrons. The molecule has 10 heteroatoms. The first kappa shape index (κ1) is 18.5. The van der Waals surface area contributed by atoms with Gasteiger partial charge in [0.2, 0.25) is 0 Å². The van der Waals surface area contributed by atoms with Crippen LogP contribution < -0.4 is 15.0 Å². The van der Waals surface area contributed by atoms with Gasteiger partial charge in [-0.1, -0.05) is 0 Å². The SMILES string of the molecule is CNc1cnccc1CN1CC(=O)N(c2ccc(OC(F)(F)F)cc2)C1=O. The Labute approximate surface area is 152 Å². The van der Waals surface area contributed by atoms with Gasteiger partial charge in [0.25, 0.3) is 5.91 Å². The van der Waals surface area contributed by atoms with Crippen molar-refractivity contribution in [2.45, 2.75) is 12.9 Å². The standard InChI is InChI=1S/C17H15F3N4O3/c1-21-14-8-22-7-6-11(14)9-23-10-15(25)24(16(23)26)12-2-4-13(5-3-12)27-17(18,19)20/h2-8,21H,9-10H2,1H3. The fourth-order valence-corrected chi connectivity index (χ4v) is 2.72. The number of hydrogen-bond acceptors (Lipinski definition) is 5. The Hall–Kier alpha value is -3.30. The zero-order chi connectivity index (χ0) is 19.6. The Morgan fingerprint density at radius 1 is 1.19 bits per heavy atom. The van der Waals surface area contributed by atoms with Crippen molar-refractivity contribution in [3.8, 4) is 5.75 Å². The molecule has 2 heterocycles. The topological polar surface area (TPSA) is 74.8 Å². The van der Waals surface area contributed by atoms with Crippen LogP contribution >= 0.6 is 0 Å². The number of urea groups is 1. The molecular weight excluding hydrogens is 365 g/mol. The number of nitrogens with one attached hydrogen (secondary N) is 1. The smallest absolute Gasteiger partial charge is 0.406 e. The van der Waals surface area contributed by atoms with Gasteiger partial charge in [0, 0.05) is 13.2 Å². The second-order valence-corrected chi connectivity index (χ2v) is 5.69. The van der Waals surface area contributed by atoms with Crippen molar-refractivity contribution < 1.29 is 27.5 Å². The zero-order valence-corrected chi connectivity index (χ0v) is 14.2. The molecule has 0 aliphatic carbocycles. The van der Waals surface area contributed by atoms with Gasteiger partial charge in [-0.25, -0.2) is 9.69 Å². The number of halogens is 3. The lowest BCUT2D eigenvalue weighted by Crippen LogP contribution is -2.32. The van der Waals surface area contributed by atoms with E-state index in [0.29, 0.717) is 0 Å². The Morgan fingerprint density at radius 2 is 1.89 bits per heavy atom. The molecule has 27 heavy (non-hydrogen) atoms. The molecule has 1 fully saturated rings. The van der Waals surface area contributed by atoms with Crippen molar-refractivity contribution in [2.24, 2.45) is 0 Å². The fraction of sp³-hybridized carbons (Fsp3) is 0.235. The second kappa shape index (κ2) is 7.14. The van der Waals surface area contributed by atoms with E-state index in [-0.39, 0.29) is 18.8 Å². The van der Waals surface area contributed by atoms with E-state index < -0.39 is 24.1 Å². The summed E-state index contributed by atoms with van der Waals surface area (Å²) in [6.45, 7) is 0.0557. The highest BCUT2D eigenvalue weighted by atomic mass is 19.4. The maximum absolute atomic E-state index is 12.6. The van der Waals surface area contributed by atoms with Crippen molar-refractivity contribution in [1.82, 2.24) is 9.88 Å². The van der Waals surface area contributed by atoms with Crippen LogP contribution in [-0.4, -0.2) is 41.8 Å². The number of amides is 3. The van der Waals surface area contributed by atoms with Crippen LogP contribution in [0.25, 0.3) is 0 Å². The number of imide groups is 1. The molecule has 2 aromatic rings. The van der Waals surface area contributed by atoms with Gasteiger partial charge in [0.1, 0.15) is 12.3 Å². The fourth-order valence-electron chi connectivity index (χ4n) is 2.72. The van der Waals surface area contributed by atoms with E-state index in [9.17, 15) is 22.8 Å². The van der Waals surface area contributed by atoms with E-state index in [1.54, 1.807) is 25.5 Å². The largest absolute Gasteiger partial charge is 0.573 e. The number of benzene rings is 1. The second-order valence-electron chi connectivity index (χ2n) is 5.69. The van der Waals surface area contributed by atoms with Gasteiger partial charge in [-0.15, -0.1) is 13.2 Å². The molecule has 0 bridgehead atoms. The third-order valence-electron chi connectivity index (χ3n) is 3.91. The van der Waals surface area contributed by atoms with E-state index in [4.69, 9.17) is 0 Å². The zero-order valence-electron chi connectivity index (χ0n) is 14.2. The van der Waals surface area contributed by atoms with E-state index in [1.807, 2.05) is 0 Å². The van der Waals surface area contributed by atoms with Gasteiger partial charge in [-0.2, -0.15) is 0 Å². The molecule has 1 saturated heterocycles. The Kier molecular flexibility index (Phi) is 4.89. The number of anilines is 2. The highest BCUT2D eigenvalue weighted by molar-refractivity contribution is 6.19. The van der Waals surface area contributed by atoms with Gasteiger partial charge in [-0.05, 0) is 35.9 Å². The van der Waals surface area contributed by atoms with E-state index in [2.05, 4.69) is 15.0 Å². The number of pyridine rings is 1. The molecule has 0 unspecified atom stereocenters. The summed E-state index contributed by atoms with van der Waals surface area (Å²) in [6.07, 6.45) is -1.63. The quantitative estimate of drug-likeness (QED) is 0.808. The van der Waals surface area contributed by atoms with E-state index in [1.165, 1.54) is 17.0 Å². The molecule has 7 nitrogen and oxygen atoms in total. The lowest BCUT2D eigenvalue weighted by Gasteiger charge is -2.18. The van der Waals surface area contributed by atoms with Crippen molar-refractivity contribution in [1.29, 1.82) is 0 Å². The maximum Gasteiger partial charge on any atom is 0.573 e. The third-order valence-corrected chi connectivity index (χ3v) is 3.91. The summed E-state index contributed by atoms with van der Waals surface area (Å²) in [5, 5.41) is 2.96. The number of ether oxygens (including phenoxy) is 1. The molecular formula is C17H15F3N4O3. The van der Waals surface area contributed by atoms with Crippen molar-refractivity contribution in [3.63, 3.8) is 0 Å². The first-order valence-corrected chi connectivity index (χ1v) is 7.87. The van der Waals surface area contributed by atoms with Crippen LogP contribution in [0.3, 0.4) is 0 Å². The van der Waals surface area contributed by atoms with Crippen LogP contribution in [0.15, 0.2) is 42.7 Å². The molecule has 3 rings (SSSR count). The van der Waals surface area contributed by atoms with Crippen molar-refractivity contribution in [3.05, 3.63) is 48.3 Å². The van der Waals surface area contributed by atoms with Gasteiger partial charge >= 0.3 is 12.4 Å². The van der Waals surface area contributed by atoms with Crippen LogP contribution in [0, 0.1) is 0 Å². The molecule has 1 aromatic heterocycles. The number of carbonyl (C=O) groups excluding carboxylic acids is 2. The van der Waals surface area contributed by atoms with Gasteiger partial charge in [0.05, 0.1) is 24.1 Å². The van der Waals surface area contributed by atoms with E-state index in [0.717, 1.165) is 28.3 Å². The number of hydrogen-bond donors (Lipinski definition) is 1. The molecule has 1 aliphatic rings. The maximum atomic E-state index is 12.6. The number of carbonyl (C=O) groups is 2. The van der Waals surface area contributed by atoms with Crippen LogP contribution in [0.2, 0.25) is 0 Å². The van der Waals surface area contributed by atoms with Crippen molar-refractivity contribution in [2.75, 3.05) is 23.8 Å². The summed E-state index contributed by atoms with van der Waals surface area (Å²) < 4.78 is 40.5. The van der Waals surface area contributed by atoms with Crippen LogP contribution in [0.5, 0.6) is 5.75 Å². The number of nitrogens with zero attached hydrogens (tertiary/aromatic N) is 3. The molecule has 1 aliphatic heterocycles. The van der Waals surface area contributed by atoms with Crippen LogP contribution in [0.4, 0.5) is 29.3 Å². The van der Waals surface area contributed by atoms with Gasteiger partial charge < -0.3 is 15.0 Å². The van der Waals surface area contributed by atoms with Gasteiger partial charge in [0.15, 0.2) is 0 Å². The highest BCUT2D eigenvalue weighted by Crippen LogP contribution is 2.28. The third kappa shape index (κ3) is 4.10. The number of aromatic nitrogens is 1. The molecule has 0 spiro atoms. The summed E-state index contributed by atoms with van der Waals surface area (Å²) in [6, 6.07) is 5.73. The Bertz CT molecular complexity index is 855. The molecule has 0 atom stereocenters. The van der Waals surface area contributed by atoms with E-state index >= 15 is 0 Å². The lowest BCUT2D eigenvalue weighted by molar-refractivity contribution is -0.274. The predicted molar refractivity (Wildman–Crippen MR) is 90.2 cm³/mol. The summed E-state index contributed by atoms with van der Waals surface area (Å²) in [5.41, 5.74) is 1.68. The summed E-state index contributed by atoms with van der Waals surface area (Å²) >= 11 is 0. The Balaban J connectivity index is 1.76. The van der Waals surface area contributed by atoms with Crippen LogP contribution in [-0.2, 0) is 11.3 Å². The van der Waals surface area contributed by atoms with Crippen LogP contribution in [0.1, 0.15) is 5.56 Å². The monoisotopic (exact) mass is 380 g/mol. The lowest BCUT2D eigenvalue weighted by atomic mass is 10.2. The predicted octanol–water partition coefficient (Wildman–Crippen LogP) is 2.99. The number of rotatable bonds is 5. The first-order valence-electron chi connectivity index (χ1n) is 7.87.